The molecule has 0 saturated carbocycles. The molecule has 1 atom stereocenters. The molecule has 1 aromatic heterocycles. The molecule has 1 unspecified atom stereocenters. The number of anilines is 1. The first-order chi connectivity index (χ1) is 13.3. The summed E-state index contributed by atoms with van der Waals surface area (Å²) in [5, 5.41) is 7.34. The van der Waals surface area contributed by atoms with Crippen LogP contribution < -0.4 is 10.1 Å². The zero-order chi connectivity index (χ0) is 18.6. The molecule has 2 aromatic carbocycles. The van der Waals surface area contributed by atoms with Gasteiger partial charge in [-0.3, -0.25) is 0 Å². The number of methoxy groups -OCH3 is 1. The average molecular weight is 362 g/mol. The van der Waals surface area contributed by atoms with Crippen molar-refractivity contribution in [3.8, 4) is 11.4 Å². The highest BCUT2D eigenvalue weighted by Crippen LogP contribution is 2.33. The second-order valence-electron chi connectivity index (χ2n) is 6.52. The predicted molar refractivity (Wildman–Crippen MR) is 104 cm³/mol. The van der Waals surface area contributed by atoms with Gasteiger partial charge in [0.25, 0.3) is 0 Å². The first kappa shape index (κ1) is 17.1. The molecule has 6 nitrogen and oxygen atoms in total. The highest BCUT2D eigenvalue weighted by atomic mass is 16.5. The topological polar surface area (TPSA) is 59.4 Å². The van der Waals surface area contributed by atoms with E-state index >= 15 is 0 Å². The maximum absolute atomic E-state index is 13.0. The van der Waals surface area contributed by atoms with Crippen LogP contribution in [-0.4, -0.2) is 34.4 Å². The van der Waals surface area contributed by atoms with E-state index in [2.05, 4.69) is 10.4 Å². The summed E-state index contributed by atoms with van der Waals surface area (Å²) in [5.41, 5.74) is 2.71. The number of amides is 2. The van der Waals surface area contributed by atoms with Crippen LogP contribution in [-0.2, 0) is 0 Å². The minimum absolute atomic E-state index is 0.0766. The van der Waals surface area contributed by atoms with Gasteiger partial charge in [-0.2, -0.15) is 5.10 Å². The number of likely N-dealkylation sites (tertiary alicyclic amines) is 1. The highest BCUT2D eigenvalue weighted by Gasteiger charge is 2.30. The van der Waals surface area contributed by atoms with E-state index in [0.29, 0.717) is 0 Å². The maximum Gasteiger partial charge on any atom is 0.322 e. The van der Waals surface area contributed by atoms with Gasteiger partial charge in [0.15, 0.2) is 0 Å². The molecule has 0 aliphatic carbocycles. The van der Waals surface area contributed by atoms with Gasteiger partial charge in [-0.15, -0.1) is 0 Å². The number of nitrogens with zero attached hydrogens (tertiary/aromatic N) is 3. The monoisotopic (exact) mass is 362 g/mol. The molecule has 0 spiro atoms. The van der Waals surface area contributed by atoms with Crippen LogP contribution in [0.4, 0.5) is 10.5 Å². The van der Waals surface area contributed by atoms with Crippen LogP contribution >= 0.6 is 0 Å². The van der Waals surface area contributed by atoms with Crippen molar-refractivity contribution in [1.82, 2.24) is 14.7 Å². The Morgan fingerprint density at radius 2 is 1.96 bits per heavy atom. The van der Waals surface area contributed by atoms with E-state index in [0.717, 1.165) is 42.1 Å². The fourth-order valence-corrected chi connectivity index (χ4v) is 3.56. The summed E-state index contributed by atoms with van der Waals surface area (Å²) >= 11 is 0. The number of para-hydroxylation sites is 2. The van der Waals surface area contributed by atoms with Crippen molar-refractivity contribution in [3.63, 3.8) is 0 Å². The van der Waals surface area contributed by atoms with Crippen molar-refractivity contribution in [2.24, 2.45) is 0 Å². The van der Waals surface area contributed by atoms with Gasteiger partial charge >= 0.3 is 6.03 Å². The van der Waals surface area contributed by atoms with Gasteiger partial charge in [0.05, 0.1) is 24.5 Å². The van der Waals surface area contributed by atoms with Crippen molar-refractivity contribution in [2.75, 3.05) is 19.0 Å². The molecule has 4 rings (SSSR count). The van der Waals surface area contributed by atoms with Crippen molar-refractivity contribution >= 4 is 11.7 Å². The first-order valence-corrected chi connectivity index (χ1v) is 9.07. The fraction of sp³-hybridized carbons (Fsp3) is 0.238. The number of carbonyl (C=O) groups is 1. The molecule has 1 aliphatic heterocycles. The van der Waals surface area contributed by atoms with Crippen molar-refractivity contribution in [2.45, 2.75) is 18.9 Å². The van der Waals surface area contributed by atoms with Crippen LogP contribution in [0.5, 0.6) is 5.75 Å². The van der Waals surface area contributed by atoms with Gasteiger partial charge in [-0.25, -0.2) is 9.48 Å². The number of urea groups is 1. The lowest BCUT2D eigenvalue weighted by atomic mass is 10.0. The lowest BCUT2D eigenvalue weighted by molar-refractivity contribution is 0.207. The number of carbonyl (C=O) groups excluding carboxylic acids is 1. The lowest BCUT2D eigenvalue weighted by Gasteiger charge is -2.26. The third-order valence-electron chi connectivity index (χ3n) is 4.91. The fourth-order valence-electron chi connectivity index (χ4n) is 3.56. The normalized spacial score (nSPS) is 16.3. The summed E-state index contributed by atoms with van der Waals surface area (Å²) in [7, 11) is 1.65. The van der Waals surface area contributed by atoms with E-state index in [1.54, 1.807) is 18.0 Å². The summed E-state index contributed by atoms with van der Waals surface area (Å²) in [6.45, 7) is 0.743. The third kappa shape index (κ3) is 3.51. The molecular formula is C21H22N4O2. The SMILES string of the molecule is COc1ccc(C2CCCN2C(=O)Nc2ccccc2-n2cccn2)cc1. The largest absolute Gasteiger partial charge is 0.497 e. The van der Waals surface area contributed by atoms with Gasteiger partial charge in [-0.1, -0.05) is 24.3 Å². The van der Waals surface area contributed by atoms with E-state index in [4.69, 9.17) is 4.74 Å². The molecule has 1 fully saturated rings. The number of aromatic nitrogens is 2. The minimum atomic E-state index is -0.0899. The Morgan fingerprint density at radius 1 is 1.15 bits per heavy atom. The van der Waals surface area contributed by atoms with Gasteiger partial charge in [-0.05, 0) is 48.7 Å². The van der Waals surface area contributed by atoms with Gasteiger partial charge in [0.2, 0.25) is 0 Å². The highest BCUT2D eigenvalue weighted by molar-refractivity contribution is 5.92. The Bertz CT molecular complexity index is 906. The number of hydrogen-bond donors (Lipinski definition) is 1. The molecule has 1 N–H and O–H groups in total. The van der Waals surface area contributed by atoms with E-state index in [1.165, 1.54) is 0 Å². The second-order valence-corrected chi connectivity index (χ2v) is 6.52. The van der Waals surface area contributed by atoms with Gasteiger partial charge in [0, 0.05) is 18.9 Å². The van der Waals surface area contributed by atoms with Crippen LogP contribution in [0, 0.1) is 0 Å². The summed E-state index contributed by atoms with van der Waals surface area (Å²) in [5.74, 6) is 0.820. The van der Waals surface area contributed by atoms with Crippen LogP contribution in [0.25, 0.3) is 5.69 Å². The molecular weight excluding hydrogens is 340 g/mol. The Hall–Kier alpha value is -3.28. The summed E-state index contributed by atoms with van der Waals surface area (Å²) < 4.78 is 6.98. The third-order valence-corrected chi connectivity index (χ3v) is 4.91. The van der Waals surface area contributed by atoms with Crippen molar-refractivity contribution in [1.29, 1.82) is 0 Å². The average Bonchev–Trinajstić information content (AvgIpc) is 3.40. The van der Waals surface area contributed by atoms with E-state index < -0.39 is 0 Å². The number of benzene rings is 2. The summed E-state index contributed by atoms with van der Waals surface area (Å²) in [6, 6.07) is 17.5. The Labute approximate surface area is 158 Å². The molecule has 1 aliphatic rings. The maximum atomic E-state index is 13.0. The molecule has 0 bridgehead atoms. The number of ether oxygens (including phenoxy) is 1. The van der Waals surface area contributed by atoms with E-state index in [-0.39, 0.29) is 12.1 Å². The quantitative estimate of drug-likeness (QED) is 0.755. The predicted octanol–water partition coefficient (Wildman–Crippen LogP) is 4.25. The summed E-state index contributed by atoms with van der Waals surface area (Å²) in [6.07, 6.45) is 5.53. The number of nitrogens with one attached hydrogen (secondary N) is 1. The van der Waals surface area contributed by atoms with Gasteiger partial charge < -0.3 is 15.0 Å². The molecule has 6 heteroatoms. The smallest absolute Gasteiger partial charge is 0.322 e. The molecule has 27 heavy (non-hydrogen) atoms. The van der Waals surface area contributed by atoms with E-state index in [1.807, 2.05) is 65.7 Å². The standard InChI is InChI=1S/C21H22N4O2/c1-27-17-11-9-16(10-12-17)19-8-4-14-24(19)21(26)23-18-6-2-3-7-20(18)25-15-5-13-22-25/h2-3,5-7,9-13,15,19H,4,8,14H2,1H3,(H,23,26). The van der Waals surface area contributed by atoms with Crippen LogP contribution in [0.1, 0.15) is 24.4 Å². The zero-order valence-electron chi connectivity index (χ0n) is 15.2. The Morgan fingerprint density at radius 3 is 2.70 bits per heavy atom. The molecule has 138 valence electrons. The molecule has 2 heterocycles. The first-order valence-electron chi connectivity index (χ1n) is 9.07. The van der Waals surface area contributed by atoms with Crippen molar-refractivity contribution < 1.29 is 9.53 Å². The molecule has 1 saturated heterocycles. The van der Waals surface area contributed by atoms with Crippen LogP contribution in [0.3, 0.4) is 0 Å². The lowest BCUT2D eigenvalue weighted by Crippen LogP contribution is -2.34. The van der Waals surface area contributed by atoms with Crippen LogP contribution in [0.2, 0.25) is 0 Å². The minimum Gasteiger partial charge on any atom is -0.497 e. The number of rotatable bonds is 4. The number of hydrogen-bond acceptors (Lipinski definition) is 3. The van der Waals surface area contributed by atoms with Crippen LogP contribution in [0.15, 0.2) is 67.0 Å². The molecule has 0 radical (unpaired) electrons. The Balaban J connectivity index is 1.54. The molecule has 2 amide bonds. The summed E-state index contributed by atoms with van der Waals surface area (Å²) in [4.78, 5) is 14.9. The zero-order valence-corrected chi connectivity index (χ0v) is 15.2. The van der Waals surface area contributed by atoms with Gasteiger partial charge in [0.1, 0.15) is 5.75 Å². The van der Waals surface area contributed by atoms with Crippen molar-refractivity contribution in [3.05, 3.63) is 72.6 Å². The van der Waals surface area contributed by atoms with E-state index in [9.17, 15) is 4.79 Å². The molecule has 3 aromatic rings. The Kier molecular flexibility index (Phi) is 4.78. The second kappa shape index (κ2) is 7.53.